The van der Waals surface area contributed by atoms with Crippen molar-refractivity contribution in [3.8, 4) is 0 Å². The average Bonchev–Trinajstić information content (AvgIpc) is 3.18. The van der Waals surface area contributed by atoms with Crippen LogP contribution in [0.3, 0.4) is 0 Å². The monoisotopic (exact) mass is 257 g/mol. The van der Waals surface area contributed by atoms with Crippen molar-refractivity contribution in [2.45, 2.75) is 31.2 Å². The van der Waals surface area contributed by atoms with Crippen LogP contribution in [0.5, 0.6) is 0 Å². The molecule has 3 atom stereocenters. The first-order chi connectivity index (χ1) is 9.01. The first kappa shape index (κ1) is 12.2. The van der Waals surface area contributed by atoms with E-state index in [1.165, 1.54) is 10.5 Å². The van der Waals surface area contributed by atoms with Gasteiger partial charge in [-0.1, -0.05) is 30.3 Å². The van der Waals surface area contributed by atoms with Crippen molar-refractivity contribution in [1.82, 2.24) is 4.90 Å². The number of nitrogens with zero attached hydrogens (tertiary/aromatic N) is 2. The van der Waals surface area contributed by atoms with E-state index in [1.807, 2.05) is 6.07 Å². The Morgan fingerprint density at radius 3 is 2.68 bits per heavy atom. The fourth-order valence-electron chi connectivity index (χ4n) is 3.09. The van der Waals surface area contributed by atoms with Gasteiger partial charge in [-0.05, 0) is 30.7 Å². The molecule has 2 aliphatic rings. The number of hydrogen-bond donors (Lipinski definition) is 1. The van der Waals surface area contributed by atoms with Crippen LogP contribution in [0.2, 0.25) is 0 Å². The van der Waals surface area contributed by atoms with Crippen LogP contribution in [-0.2, 0) is 4.79 Å². The lowest BCUT2D eigenvalue weighted by atomic mass is 9.88. The van der Waals surface area contributed by atoms with Crippen LogP contribution < -0.4 is 5.73 Å². The fraction of sp³-hybridized carbons (Fsp3) is 0.467. The zero-order chi connectivity index (χ0) is 13.6. The summed E-state index contributed by atoms with van der Waals surface area (Å²) in [6, 6.07) is 10.4. The first-order valence-electron chi connectivity index (χ1n) is 6.68. The lowest BCUT2D eigenvalue weighted by Gasteiger charge is -2.33. The lowest BCUT2D eigenvalue weighted by Crippen LogP contribution is -2.49. The number of amides is 1. The molecule has 1 aromatic carbocycles. The number of nitrogens with two attached hydrogens (primary N) is 1. The molecule has 2 N–H and O–H groups in total. The van der Waals surface area contributed by atoms with Gasteiger partial charge in [0.2, 0.25) is 5.91 Å². The van der Waals surface area contributed by atoms with Crippen LogP contribution in [0, 0.1) is 5.92 Å². The summed E-state index contributed by atoms with van der Waals surface area (Å²) in [5.74, 6) is 1.34. The zero-order valence-electron chi connectivity index (χ0n) is 11.3. The van der Waals surface area contributed by atoms with Crippen LogP contribution >= 0.6 is 0 Å². The van der Waals surface area contributed by atoms with Gasteiger partial charge >= 0.3 is 0 Å². The highest BCUT2D eigenvalue weighted by molar-refractivity contribution is 5.98. The summed E-state index contributed by atoms with van der Waals surface area (Å²) in [5, 5.41) is 0. The minimum Gasteiger partial charge on any atom is -0.369 e. The van der Waals surface area contributed by atoms with Gasteiger partial charge in [-0.15, -0.1) is 0 Å². The highest BCUT2D eigenvalue weighted by atomic mass is 16.2. The molecule has 1 fully saturated rings. The summed E-state index contributed by atoms with van der Waals surface area (Å²) in [6.45, 7) is 2.05. The molecule has 1 aliphatic carbocycles. The second kappa shape index (κ2) is 4.08. The van der Waals surface area contributed by atoms with Gasteiger partial charge < -0.3 is 5.73 Å². The number of hydrogen-bond acceptors (Lipinski definition) is 3. The molecule has 1 saturated carbocycles. The Hall–Kier alpha value is -1.84. The van der Waals surface area contributed by atoms with Gasteiger partial charge in [-0.3, -0.25) is 9.69 Å². The Kier molecular flexibility index (Phi) is 2.62. The van der Waals surface area contributed by atoms with Gasteiger partial charge in [0.1, 0.15) is 0 Å². The minimum absolute atomic E-state index is 0.0636. The molecule has 0 spiro atoms. The van der Waals surface area contributed by atoms with E-state index in [2.05, 4.69) is 36.2 Å². The van der Waals surface area contributed by atoms with Crippen LogP contribution in [0.15, 0.2) is 35.3 Å². The third-order valence-electron chi connectivity index (χ3n) is 4.41. The van der Waals surface area contributed by atoms with Crippen molar-refractivity contribution in [2.75, 3.05) is 7.05 Å². The number of carbonyl (C=O) groups excluding carboxylic acids is 1. The molecule has 0 aromatic heterocycles. The molecule has 4 nitrogen and oxygen atoms in total. The summed E-state index contributed by atoms with van der Waals surface area (Å²) in [6.07, 6.45) is 1.55. The highest BCUT2D eigenvalue weighted by Crippen LogP contribution is 2.56. The van der Waals surface area contributed by atoms with Crippen molar-refractivity contribution in [2.24, 2.45) is 16.6 Å². The third-order valence-corrected chi connectivity index (χ3v) is 4.41. The Labute approximate surface area is 113 Å². The molecular formula is C15H19N3O. The van der Waals surface area contributed by atoms with Crippen LogP contribution in [0.1, 0.15) is 31.2 Å². The topological polar surface area (TPSA) is 58.7 Å². The molecule has 100 valence electrons. The maximum atomic E-state index is 12.0. The van der Waals surface area contributed by atoms with E-state index < -0.39 is 0 Å². The fourth-order valence-corrected chi connectivity index (χ4v) is 3.09. The normalized spacial score (nSPS) is 34.1. The van der Waals surface area contributed by atoms with Gasteiger partial charge in [0.25, 0.3) is 0 Å². The van der Waals surface area contributed by atoms with Gasteiger partial charge in [0.05, 0.1) is 12.0 Å². The van der Waals surface area contributed by atoms with Crippen LogP contribution in [-0.4, -0.2) is 29.4 Å². The maximum Gasteiger partial charge on any atom is 0.231 e. The van der Waals surface area contributed by atoms with Gasteiger partial charge in [-0.2, -0.15) is 0 Å². The number of benzene rings is 1. The largest absolute Gasteiger partial charge is 0.369 e. The summed E-state index contributed by atoms with van der Waals surface area (Å²) in [4.78, 5) is 18.0. The molecule has 4 heteroatoms. The molecule has 1 heterocycles. The number of rotatable bonds is 2. The van der Waals surface area contributed by atoms with E-state index in [-0.39, 0.29) is 11.4 Å². The van der Waals surface area contributed by atoms with Gasteiger partial charge in [0.15, 0.2) is 5.96 Å². The Balaban J connectivity index is 1.83. The van der Waals surface area contributed by atoms with Crippen molar-refractivity contribution >= 4 is 11.9 Å². The predicted molar refractivity (Wildman–Crippen MR) is 74.7 cm³/mol. The Bertz CT molecular complexity index is 540. The van der Waals surface area contributed by atoms with Crippen molar-refractivity contribution in [3.63, 3.8) is 0 Å². The molecular weight excluding hydrogens is 238 g/mol. The maximum absolute atomic E-state index is 12.0. The molecule has 0 bridgehead atoms. The highest BCUT2D eigenvalue weighted by Gasteiger charge is 2.53. The molecule has 1 aromatic rings. The van der Waals surface area contributed by atoms with Crippen LogP contribution in [0.4, 0.5) is 0 Å². The van der Waals surface area contributed by atoms with Crippen molar-refractivity contribution in [1.29, 1.82) is 0 Å². The van der Waals surface area contributed by atoms with E-state index >= 15 is 0 Å². The molecule has 1 amide bonds. The van der Waals surface area contributed by atoms with Gasteiger partial charge in [0, 0.05) is 7.05 Å². The first-order valence-corrected chi connectivity index (χ1v) is 6.68. The number of aliphatic imine (C=N–C) groups is 1. The summed E-state index contributed by atoms with van der Waals surface area (Å²) < 4.78 is 0. The van der Waals surface area contributed by atoms with E-state index in [0.29, 0.717) is 24.2 Å². The standard InChI is InChI=1S/C15H19N3O/c1-15(9-13(19)18(2)14(16)17-15)12-8-11(12)10-6-4-3-5-7-10/h3-7,11-12H,8-9H2,1-2H3,(H2,16,17)/t11-,12-,15-/m1/s1. The smallest absolute Gasteiger partial charge is 0.231 e. The minimum atomic E-state index is -0.339. The summed E-state index contributed by atoms with van der Waals surface area (Å²) >= 11 is 0. The van der Waals surface area contributed by atoms with E-state index in [9.17, 15) is 4.79 Å². The SMILES string of the molecule is CN1C(=O)C[C@](C)([C@@H]2C[C@@H]2c2ccccc2)N=C1N. The van der Waals surface area contributed by atoms with E-state index in [0.717, 1.165) is 6.42 Å². The average molecular weight is 257 g/mol. The van der Waals surface area contributed by atoms with Crippen LogP contribution in [0.25, 0.3) is 0 Å². The molecule has 0 radical (unpaired) electrons. The van der Waals surface area contributed by atoms with E-state index in [1.54, 1.807) is 7.05 Å². The molecule has 0 unspecified atom stereocenters. The molecule has 0 saturated heterocycles. The van der Waals surface area contributed by atoms with Gasteiger partial charge in [-0.25, -0.2) is 4.99 Å². The van der Waals surface area contributed by atoms with E-state index in [4.69, 9.17) is 5.73 Å². The zero-order valence-corrected chi connectivity index (χ0v) is 11.3. The molecule has 1 aliphatic heterocycles. The molecule has 19 heavy (non-hydrogen) atoms. The van der Waals surface area contributed by atoms with Crippen molar-refractivity contribution in [3.05, 3.63) is 35.9 Å². The number of guanidine groups is 1. The Morgan fingerprint density at radius 1 is 1.37 bits per heavy atom. The second-order valence-corrected chi connectivity index (χ2v) is 5.82. The Morgan fingerprint density at radius 2 is 2.05 bits per heavy atom. The predicted octanol–water partition coefficient (Wildman–Crippen LogP) is 1.73. The third kappa shape index (κ3) is 2.01. The second-order valence-electron chi connectivity index (χ2n) is 5.82. The van der Waals surface area contributed by atoms with Crippen molar-refractivity contribution < 1.29 is 4.79 Å². The quantitative estimate of drug-likeness (QED) is 0.877. The number of carbonyl (C=O) groups is 1. The lowest BCUT2D eigenvalue weighted by molar-refractivity contribution is -0.128. The summed E-state index contributed by atoms with van der Waals surface area (Å²) in [5.41, 5.74) is 6.85. The molecule has 3 rings (SSSR count). The summed E-state index contributed by atoms with van der Waals surface area (Å²) in [7, 11) is 1.68.